The zero-order chi connectivity index (χ0) is 18.8. The van der Waals surface area contributed by atoms with Gasteiger partial charge in [-0.05, 0) is 30.7 Å². The third-order valence-electron chi connectivity index (χ3n) is 4.26. The van der Waals surface area contributed by atoms with Crippen molar-refractivity contribution < 1.29 is 9.59 Å². The number of nitrogens with one attached hydrogen (secondary N) is 2. The highest BCUT2D eigenvalue weighted by atomic mass is 16.2. The SMILES string of the molecule is CCN(CC)CCNC(=O)C1=CC(CNC(=O)C(C)C)=CC(C)C=C1. The van der Waals surface area contributed by atoms with E-state index in [1.54, 1.807) is 0 Å². The highest BCUT2D eigenvalue weighted by Gasteiger charge is 2.13. The standard InChI is InChI=1S/C20H33N3O2/c1-6-23(7-2)11-10-21-20(25)18-9-8-16(5)12-17(13-18)14-22-19(24)15(3)4/h8-9,12-13,15-16H,6-7,10-11,14H2,1-5H3,(H,21,25)(H,22,24). The number of carbonyl (C=O) groups excluding carboxylic acids is 2. The number of hydrogen-bond acceptors (Lipinski definition) is 3. The summed E-state index contributed by atoms with van der Waals surface area (Å²) in [5.41, 5.74) is 1.59. The molecule has 25 heavy (non-hydrogen) atoms. The first-order chi connectivity index (χ1) is 11.9. The first-order valence-corrected chi connectivity index (χ1v) is 9.26. The van der Waals surface area contributed by atoms with Gasteiger partial charge in [-0.1, -0.05) is 52.8 Å². The Labute approximate surface area is 152 Å². The monoisotopic (exact) mass is 347 g/mol. The van der Waals surface area contributed by atoms with Gasteiger partial charge in [-0.15, -0.1) is 0 Å². The average Bonchev–Trinajstić information content (AvgIpc) is 2.77. The smallest absolute Gasteiger partial charge is 0.251 e. The molecule has 1 rings (SSSR count). The second kappa shape index (κ2) is 10.9. The molecule has 1 atom stereocenters. The van der Waals surface area contributed by atoms with Crippen LogP contribution in [0.2, 0.25) is 0 Å². The van der Waals surface area contributed by atoms with E-state index in [0.717, 1.165) is 25.2 Å². The minimum atomic E-state index is -0.0707. The first kappa shape index (κ1) is 21.2. The fraction of sp³-hybridized carbons (Fsp3) is 0.600. The van der Waals surface area contributed by atoms with Gasteiger partial charge in [-0.3, -0.25) is 9.59 Å². The van der Waals surface area contributed by atoms with E-state index in [9.17, 15) is 9.59 Å². The summed E-state index contributed by atoms with van der Waals surface area (Å²) in [6.07, 6.45) is 7.82. The van der Waals surface area contributed by atoms with Gasteiger partial charge in [0.1, 0.15) is 0 Å². The second-order valence-electron chi connectivity index (χ2n) is 6.71. The van der Waals surface area contributed by atoms with Crippen LogP contribution in [0.5, 0.6) is 0 Å². The molecule has 0 aromatic carbocycles. The summed E-state index contributed by atoms with van der Waals surface area (Å²) < 4.78 is 0. The number of rotatable bonds is 9. The molecule has 0 saturated carbocycles. The Bertz CT molecular complexity index is 543. The van der Waals surface area contributed by atoms with E-state index in [0.29, 0.717) is 18.7 Å². The van der Waals surface area contributed by atoms with E-state index in [1.807, 2.05) is 32.1 Å². The molecule has 2 amide bonds. The van der Waals surface area contributed by atoms with Crippen LogP contribution in [-0.2, 0) is 9.59 Å². The third kappa shape index (κ3) is 7.69. The van der Waals surface area contributed by atoms with Crippen molar-refractivity contribution in [2.45, 2.75) is 34.6 Å². The second-order valence-corrected chi connectivity index (χ2v) is 6.71. The van der Waals surface area contributed by atoms with E-state index < -0.39 is 0 Å². The zero-order valence-corrected chi connectivity index (χ0v) is 16.3. The highest BCUT2D eigenvalue weighted by molar-refractivity contribution is 5.96. The normalized spacial score (nSPS) is 17.2. The number of hydrogen-bond donors (Lipinski definition) is 2. The molecule has 0 heterocycles. The number of carbonyl (C=O) groups is 2. The number of likely N-dealkylation sites (N-methyl/N-ethyl adjacent to an activating group) is 1. The summed E-state index contributed by atoms with van der Waals surface area (Å²) in [4.78, 5) is 26.5. The van der Waals surface area contributed by atoms with Gasteiger partial charge < -0.3 is 15.5 Å². The van der Waals surface area contributed by atoms with Gasteiger partial charge >= 0.3 is 0 Å². The maximum Gasteiger partial charge on any atom is 0.251 e. The molecule has 5 heteroatoms. The zero-order valence-electron chi connectivity index (χ0n) is 16.3. The Balaban J connectivity index is 2.66. The lowest BCUT2D eigenvalue weighted by atomic mass is 10.1. The topological polar surface area (TPSA) is 61.4 Å². The Hall–Kier alpha value is -1.88. The molecule has 0 aromatic rings. The van der Waals surface area contributed by atoms with Crippen LogP contribution in [0.1, 0.15) is 34.6 Å². The molecule has 5 nitrogen and oxygen atoms in total. The largest absolute Gasteiger partial charge is 0.352 e. The molecular formula is C20H33N3O2. The molecule has 0 radical (unpaired) electrons. The van der Waals surface area contributed by atoms with E-state index in [4.69, 9.17) is 0 Å². The average molecular weight is 348 g/mol. The summed E-state index contributed by atoms with van der Waals surface area (Å²) in [5, 5.41) is 5.90. The van der Waals surface area contributed by atoms with E-state index >= 15 is 0 Å². The molecule has 0 saturated heterocycles. The predicted octanol–water partition coefficient (Wildman–Crippen LogP) is 2.28. The maximum absolute atomic E-state index is 12.4. The molecule has 2 N–H and O–H groups in total. The molecular weight excluding hydrogens is 314 g/mol. The van der Waals surface area contributed by atoms with Crippen LogP contribution in [0.25, 0.3) is 0 Å². The molecule has 1 aliphatic rings. The minimum Gasteiger partial charge on any atom is -0.352 e. The van der Waals surface area contributed by atoms with Crippen molar-refractivity contribution in [3.05, 3.63) is 35.5 Å². The lowest BCUT2D eigenvalue weighted by Crippen LogP contribution is -2.35. The Morgan fingerprint density at radius 3 is 2.48 bits per heavy atom. The quantitative estimate of drug-likeness (QED) is 0.673. The third-order valence-corrected chi connectivity index (χ3v) is 4.26. The molecule has 1 unspecified atom stereocenters. The number of nitrogens with zero attached hydrogens (tertiary/aromatic N) is 1. The summed E-state index contributed by atoms with van der Waals surface area (Å²) in [6, 6.07) is 0. The maximum atomic E-state index is 12.4. The van der Waals surface area contributed by atoms with Gasteiger partial charge in [0.2, 0.25) is 5.91 Å². The van der Waals surface area contributed by atoms with Crippen molar-refractivity contribution in [2.75, 3.05) is 32.7 Å². The number of allylic oxidation sites excluding steroid dienone is 2. The van der Waals surface area contributed by atoms with Crippen LogP contribution < -0.4 is 10.6 Å². The van der Waals surface area contributed by atoms with Crippen LogP contribution in [0.3, 0.4) is 0 Å². The lowest BCUT2D eigenvalue weighted by Gasteiger charge is -2.18. The molecule has 0 spiro atoms. The highest BCUT2D eigenvalue weighted by Crippen LogP contribution is 2.15. The molecule has 0 aliphatic heterocycles. The fourth-order valence-electron chi connectivity index (χ4n) is 2.56. The van der Waals surface area contributed by atoms with Crippen LogP contribution in [0.4, 0.5) is 0 Å². The van der Waals surface area contributed by atoms with Crippen molar-refractivity contribution in [1.29, 1.82) is 0 Å². The van der Waals surface area contributed by atoms with Gasteiger partial charge in [-0.25, -0.2) is 0 Å². The predicted molar refractivity (Wildman–Crippen MR) is 103 cm³/mol. The van der Waals surface area contributed by atoms with Crippen molar-refractivity contribution in [3.8, 4) is 0 Å². The molecule has 1 aliphatic carbocycles. The van der Waals surface area contributed by atoms with Crippen LogP contribution >= 0.6 is 0 Å². The minimum absolute atomic E-state index is 0.0179. The van der Waals surface area contributed by atoms with Gasteiger partial charge in [0.05, 0.1) is 0 Å². The Kier molecular flexibility index (Phi) is 9.21. The van der Waals surface area contributed by atoms with Crippen molar-refractivity contribution in [2.24, 2.45) is 11.8 Å². The van der Waals surface area contributed by atoms with Crippen molar-refractivity contribution in [3.63, 3.8) is 0 Å². The van der Waals surface area contributed by atoms with Gasteiger partial charge in [0.15, 0.2) is 0 Å². The molecule has 0 fully saturated rings. The Morgan fingerprint density at radius 2 is 1.88 bits per heavy atom. The summed E-state index contributed by atoms with van der Waals surface area (Å²) in [6.45, 7) is 13.9. The van der Waals surface area contributed by atoms with Crippen LogP contribution in [-0.4, -0.2) is 49.4 Å². The van der Waals surface area contributed by atoms with Gasteiger partial charge in [0.25, 0.3) is 5.91 Å². The van der Waals surface area contributed by atoms with Crippen LogP contribution in [0.15, 0.2) is 35.5 Å². The fourth-order valence-corrected chi connectivity index (χ4v) is 2.56. The van der Waals surface area contributed by atoms with Crippen molar-refractivity contribution >= 4 is 11.8 Å². The van der Waals surface area contributed by atoms with Gasteiger partial charge in [0, 0.05) is 31.1 Å². The van der Waals surface area contributed by atoms with Crippen LogP contribution in [0, 0.1) is 11.8 Å². The lowest BCUT2D eigenvalue weighted by molar-refractivity contribution is -0.123. The molecule has 0 bridgehead atoms. The number of amides is 2. The molecule has 0 aromatic heterocycles. The van der Waals surface area contributed by atoms with Gasteiger partial charge in [-0.2, -0.15) is 0 Å². The summed E-state index contributed by atoms with van der Waals surface area (Å²) in [5.74, 6) is 0.125. The van der Waals surface area contributed by atoms with E-state index in [1.165, 1.54) is 0 Å². The van der Waals surface area contributed by atoms with Crippen molar-refractivity contribution in [1.82, 2.24) is 15.5 Å². The Morgan fingerprint density at radius 1 is 1.20 bits per heavy atom. The summed E-state index contributed by atoms with van der Waals surface area (Å²) >= 11 is 0. The molecule has 140 valence electrons. The summed E-state index contributed by atoms with van der Waals surface area (Å²) in [7, 11) is 0. The first-order valence-electron chi connectivity index (χ1n) is 9.26. The van der Waals surface area contributed by atoms with E-state index in [2.05, 4.69) is 42.4 Å². The van der Waals surface area contributed by atoms with E-state index in [-0.39, 0.29) is 23.7 Å².